The predicted octanol–water partition coefficient (Wildman–Crippen LogP) is 3.00. The molecule has 0 radical (unpaired) electrons. The highest BCUT2D eigenvalue weighted by atomic mass is 79.9. The number of hydrogen-bond acceptors (Lipinski definition) is 4. The van der Waals surface area contributed by atoms with Crippen LogP contribution in [-0.4, -0.2) is 17.2 Å². The van der Waals surface area contributed by atoms with Crippen LogP contribution < -0.4 is 4.74 Å². The fourth-order valence-corrected chi connectivity index (χ4v) is 2.60. The molecule has 2 aromatic rings. The lowest BCUT2D eigenvalue weighted by molar-refractivity contribution is 0.209. The second-order valence-electron chi connectivity index (χ2n) is 3.18. The van der Waals surface area contributed by atoms with Crippen molar-refractivity contribution < 1.29 is 9.84 Å². The van der Waals surface area contributed by atoms with Gasteiger partial charge in [-0.05, 0) is 45.1 Å². The molecule has 1 unspecified atom stereocenters. The summed E-state index contributed by atoms with van der Waals surface area (Å²) in [6.45, 7) is 0. The van der Waals surface area contributed by atoms with Crippen molar-refractivity contribution in [2.24, 2.45) is 0 Å². The van der Waals surface area contributed by atoms with Gasteiger partial charge in [0.15, 0.2) is 0 Å². The topological polar surface area (TPSA) is 42.4 Å². The first-order valence-corrected chi connectivity index (χ1v) is 6.30. The van der Waals surface area contributed by atoms with E-state index in [2.05, 4.69) is 20.9 Å². The van der Waals surface area contributed by atoms with Gasteiger partial charge in [0.25, 0.3) is 0 Å². The van der Waals surface area contributed by atoms with E-state index >= 15 is 0 Å². The van der Waals surface area contributed by atoms with E-state index < -0.39 is 6.10 Å². The van der Waals surface area contributed by atoms with E-state index in [1.165, 1.54) is 11.3 Å². The molecule has 3 nitrogen and oxygen atoms in total. The molecule has 0 bridgehead atoms. The summed E-state index contributed by atoms with van der Waals surface area (Å²) in [6.07, 6.45) is 0.890. The van der Waals surface area contributed by atoms with Crippen LogP contribution in [0.25, 0.3) is 0 Å². The smallest absolute Gasteiger partial charge is 0.143 e. The van der Waals surface area contributed by atoms with Crippen LogP contribution in [-0.2, 0) is 0 Å². The van der Waals surface area contributed by atoms with Crippen LogP contribution in [0, 0.1) is 0 Å². The zero-order valence-corrected chi connectivity index (χ0v) is 11.0. The highest BCUT2D eigenvalue weighted by Gasteiger charge is 2.17. The number of pyridine rings is 1. The molecule has 16 heavy (non-hydrogen) atoms. The number of aliphatic hydroxyl groups excluding tert-OH is 1. The number of halogens is 1. The first kappa shape index (κ1) is 11.6. The fourth-order valence-electron chi connectivity index (χ4n) is 1.41. The highest BCUT2D eigenvalue weighted by molar-refractivity contribution is 9.11. The average molecular weight is 300 g/mol. The molecule has 5 heteroatoms. The van der Waals surface area contributed by atoms with Gasteiger partial charge in [-0.3, -0.25) is 4.98 Å². The number of aliphatic hydroxyl groups is 1. The summed E-state index contributed by atoms with van der Waals surface area (Å²) in [5.74, 6) is 0.595. The van der Waals surface area contributed by atoms with Crippen molar-refractivity contribution in [3.63, 3.8) is 0 Å². The van der Waals surface area contributed by atoms with Crippen LogP contribution >= 0.6 is 27.3 Å². The molecule has 0 aliphatic heterocycles. The summed E-state index contributed by atoms with van der Waals surface area (Å²) in [5.41, 5.74) is 1.35. The minimum atomic E-state index is -0.751. The molecular weight excluding hydrogens is 290 g/mol. The first-order chi connectivity index (χ1) is 7.72. The summed E-state index contributed by atoms with van der Waals surface area (Å²) in [7, 11) is 1.57. The van der Waals surface area contributed by atoms with E-state index in [9.17, 15) is 5.11 Å². The Morgan fingerprint density at radius 1 is 1.56 bits per heavy atom. The summed E-state index contributed by atoms with van der Waals surface area (Å²) in [4.78, 5) is 4.15. The molecule has 2 rings (SSSR count). The van der Waals surface area contributed by atoms with E-state index in [4.69, 9.17) is 4.74 Å². The SMILES string of the molecule is COc1cccnc1C(O)c1csc(Br)c1. The van der Waals surface area contributed by atoms with Gasteiger partial charge >= 0.3 is 0 Å². The Kier molecular flexibility index (Phi) is 3.58. The number of ether oxygens (including phenoxy) is 1. The van der Waals surface area contributed by atoms with Gasteiger partial charge in [0, 0.05) is 6.20 Å². The Hall–Kier alpha value is -0.910. The summed E-state index contributed by atoms with van der Waals surface area (Å²) < 4.78 is 6.15. The van der Waals surface area contributed by atoms with Crippen molar-refractivity contribution >= 4 is 27.3 Å². The standard InChI is InChI=1S/C11H10BrNO2S/c1-15-8-3-2-4-13-10(8)11(14)7-5-9(12)16-6-7/h2-6,11,14H,1H3. The van der Waals surface area contributed by atoms with E-state index in [0.29, 0.717) is 11.4 Å². The lowest BCUT2D eigenvalue weighted by Gasteiger charge is -2.11. The van der Waals surface area contributed by atoms with Crippen molar-refractivity contribution in [3.8, 4) is 5.75 Å². The largest absolute Gasteiger partial charge is 0.495 e. The van der Waals surface area contributed by atoms with Crippen LogP contribution in [0.2, 0.25) is 0 Å². The molecule has 2 heterocycles. The molecule has 0 aromatic carbocycles. The molecule has 84 valence electrons. The van der Waals surface area contributed by atoms with Crippen molar-refractivity contribution in [1.29, 1.82) is 0 Å². The van der Waals surface area contributed by atoms with Crippen LogP contribution in [0.5, 0.6) is 5.75 Å². The molecule has 0 saturated heterocycles. The first-order valence-electron chi connectivity index (χ1n) is 4.63. The zero-order chi connectivity index (χ0) is 11.5. The van der Waals surface area contributed by atoms with Gasteiger partial charge in [0.05, 0.1) is 10.9 Å². The Balaban J connectivity index is 2.36. The van der Waals surface area contributed by atoms with E-state index in [-0.39, 0.29) is 0 Å². The number of methoxy groups -OCH3 is 1. The number of hydrogen-bond donors (Lipinski definition) is 1. The lowest BCUT2D eigenvalue weighted by atomic mass is 10.1. The molecular formula is C11H10BrNO2S. The molecule has 0 fully saturated rings. The second kappa shape index (κ2) is 4.95. The summed E-state index contributed by atoms with van der Waals surface area (Å²) >= 11 is 4.89. The van der Waals surface area contributed by atoms with Crippen LogP contribution in [0.3, 0.4) is 0 Å². The minimum Gasteiger partial charge on any atom is -0.495 e. The predicted molar refractivity (Wildman–Crippen MR) is 66.9 cm³/mol. The number of rotatable bonds is 3. The van der Waals surface area contributed by atoms with Crippen molar-refractivity contribution in [2.45, 2.75) is 6.10 Å². The second-order valence-corrected chi connectivity index (χ2v) is 5.47. The molecule has 0 saturated carbocycles. The number of thiophene rings is 1. The highest BCUT2D eigenvalue weighted by Crippen LogP contribution is 2.31. The minimum absolute atomic E-state index is 0.537. The third-order valence-corrected chi connectivity index (χ3v) is 3.70. The molecule has 0 spiro atoms. The van der Waals surface area contributed by atoms with Crippen molar-refractivity contribution in [2.75, 3.05) is 7.11 Å². The Morgan fingerprint density at radius 2 is 2.38 bits per heavy atom. The fraction of sp³-hybridized carbons (Fsp3) is 0.182. The third kappa shape index (κ3) is 2.26. The van der Waals surface area contributed by atoms with E-state index in [0.717, 1.165) is 9.35 Å². The van der Waals surface area contributed by atoms with Gasteiger partial charge in [-0.25, -0.2) is 0 Å². The average Bonchev–Trinajstić information content (AvgIpc) is 2.75. The Bertz CT molecular complexity index is 486. The van der Waals surface area contributed by atoms with Gasteiger partial charge in [-0.2, -0.15) is 0 Å². The van der Waals surface area contributed by atoms with Crippen molar-refractivity contribution in [3.05, 3.63) is 44.8 Å². The van der Waals surface area contributed by atoms with Gasteiger partial charge in [0.2, 0.25) is 0 Å². The zero-order valence-electron chi connectivity index (χ0n) is 8.55. The maximum atomic E-state index is 10.2. The van der Waals surface area contributed by atoms with E-state index in [1.807, 2.05) is 11.4 Å². The number of aromatic nitrogens is 1. The van der Waals surface area contributed by atoms with Gasteiger partial charge in [0.1, 0.15) is 17.5 Å². The monoisotopic (exact) mass is 299 g/mol. The number of nitrogens with zero attached hydrogens (tertiary/aromatic N) is 1. The molecule has 0 aliphatic carbocycles. The Morgan fingerprint density at radius 3 is 3.00 bits per heavy atom. The summed E-state index contributed by atoms with van der Waals surface area (Å²) in [6, 6.07) is 5.44. The summed E-state index contributed by atoms with van der Waals surface area (Å²) in [5, 5.41) is 12.1. The maximum Gasteiger partial charge on any atom is 0.143 e. The quantitative estimate of drug-likeness (QED) is 0.947. The molecule has 2 aromatic heterocycles. The van der Waals surface area contributed by atoms with E-state index in [1.54, 1.807) is 25.4 Å². The molecule has 1 atom stereocenters. The molecule has 1 N–H and O–H groups in total. The van der Waals surface area contributed by atoms with Crippen LogP contribution in [0.15, 0.2) is 33.6 Å². The van der Waals surface area contributed by atoms with Crippen LogP contribution in [0.4, 0.5) is 0 Å². The van der Waals surface area contributed by atoms with Gasteiger partial charge < -0.3 is 9.84 Å². The Labute approximate surface area is 106 Å². The van der Waals surface area contributed by atoms with Gasteiger partial charge in [-0.1, -0.05) is 0 Å². The van der Waals surface area contributed by atoms with Crippen LogP contribution in [0.1, 0.15) is 17.4 Å². The molecule has 0 aliphatic rings. The van der Waals surface area contributed by atoms with Crippen molar-refractivity contribution in [1.82, 2.24) is 4.98 Å². The van der Waals surface area contributed by atoms with Gasteiger partial charge in [-0.15, -0.1) is 11.3 Å². The normalized spacial score (nSPS) is 12.4. The lowest BCUT2D eigenvalue weighted by Crippen LogP contribution is -2.03. The third-order valence-electron chi connectivity index (χ3n) is 2.18. The maximum absolute atomic E-state index is 10.2. The molecule has 0 amide bonds.